The van der Waals surface area contributed by atoms with Crippen molar-refractivity contribution in [3.05, 3.63) is 127 Å². The molecule has 3 unspecified atom stereocenters. The predicted octanol–water partition coefficient (Wildman–Crippen LogP) is 9.50. The van der Waals surface area contributed by atoms with Crippen LogP contribution in [-0.2, 0) is 6.42 Å². The van der Waals surface area contributed by atoms with E-state index < -0.39 is 8.07 Å². The Labute approximate surface area is 282 Å². The van der Waals surface area contributed by atoms with Crippen LogP contribution in [0, 0.1) is 5.41 Å². The summed E-state index contributed by atoms with van der Waals surface area (Å²) in [5.41, 5.74) is 13.1. The maximum atomic E-state index is 4.84. The maximum absolute atomic E-state index is 4.84. The fourth-order valence-corrected chi connectivity index (χ4v) is 9.56. The standard InChI is InChI=1S/C43H49N3Si/c1-29-24-40-36(20-18-32-22-23-44-26-38(32)39-21-19-33(27-45(29)39)31-14-10-9-11-15-31)34-16-12-13-17-35(34)41-25-37(30(2)43(3,4)5)42(28-46(40)41)47(6,7)8/h9-17,19,21-23,25-28,30,36,40H,1,18,20,24H2,2-8H3/q+2. The van der Waals surface area contributed by atoms with Crippen molar-refractivity contribution in [2.24, 2.45) is 5.41 Å². The highest BCUT2D eigenvalue weighted by Gasteiger charge is 2.44. The number of aryl methyl sites for hydroxylation is 1. The number of allylic oxidation sites excluding steroid dienone is 1. The summed E-state index contributed by atoms with van der Waals surface area (Å²) in [5, 5.41) is 1.58. The molecular formula is C43H49N3Si+2. The van der Waals surface area contributed by atoms with Crippen LogP contribution in [0.1, 0.15) is 75.1 Å². The zero-order valence-electron chi connectivity index (χ0n) is 29.2. The molecule has 5 aromatic rings. The molecule has 7 rings (SSSR count). The van der Waals surface area contributed by atoms with E-state index in [0.29, 0.717) is 11.8 Å². The van der Waals surface area contributed by atoms with E-state index >= 15 is 0 Å². The second-order valence-electron chi connectivity index (χ2n) is 15.9. The van der Waals surface area contributed by atoms with Crippen molar-refractivity contribution in [2.45, 2.75) is 84.5 Å². The van der Waals surface area contributed by atoms with E-state index in [1.54, 1.807) is 5.19 Å². The average molecular weight is 636 g/mol. The van der Waals surface area contributed by atoms with Crippen LogP contribution in [0.2, 0.25) is 19.6 Å². The Morgan fingerprint density at radius 2 is 1.60 bits per heavy atom. The smallest absolute Gasteiger partial charge is 0.219 e. The maximum Gasteiger partial charge on any atom is 0.219 e. The third kappa shape index (κ3) is 5.71. The van der Waals surface area contributed by atoms with Crippen molar-refractivity contribution in [3.8, 4) is 33.6 Å². The Kier molecular flexibility index (Phi) is 7.91. The predicted molar refractivity (Wildman–Crippen MR) is 198 cm³/mol. The van der Waals surface area contributed by atoms with Crippen LogP contribution < -0.4 is 14.3 Å². The summed E-state index contributed by atoms with van der Waals surface area (Å²) in [6.07, 6.45) is 11.8. The first-order valence-electron chi connectivity index (χ1n) is 17.3. The third-order valence-electron chi connectivity index (χ3n) is 10.9. The average Bonchev–Trinajstić information content (AvgIpc) is 3.06. The van der Waals surface area contributed by atoms with Gasteiger partial charge in [-0.2, -0.15) is 9.13 Å². The molecule has 0 fully saturated rings. The lowest BCUT2D eigenvalue weighted by Crippen LogP contribution is -2.55. The SMILES string of the molecule is C=C1CC2C(CCc3ccncc3-c3ccc(-c4ccccc4)c[n+]31)c1ccccc1-c1cc(C(C)C(C)(C)C)c([Si](C)(C)C)c[n+]12. The first-order valence-corrected chi connectivity index (χ1v) is 20.8. The van der Waals surface area contributed by atoms with E-state index in [1.807, 2.05) is 12.4 Å². The molecule has 47 heavy (non-hydrogen) atoms. The minimum absolute atomic E-state index is 0.174. The molecule has 0 N–H and O–H groups in total. The molecule has 0 saturated heterocycles. The number of aromatic nitrogens is 3. The second-order valence-corrected chi connectivity index (χ2v) is 21.0. The Hall–Kier alpha value is -4.15. The summed E-state index contributed by atoms with van der Waals surface area (Å²) < 4.78 is 5.04. The van der Waals surface area contributed by atoms with Crippen molar-refractivity contribution in [2.75, 3.05) is 0 Å². The molecule has 0 radical (unpaired) electrons. The molecule has 0 bridgehead atoms. The van der Waals surface area contributed by atoms with E-state index in [4.69, 9.17) is 6.58 Å². The number of fused-ring (bicyclic) bond motifs is 9. The fraction of sp³-hybridized carbons (Fsp3) is 0.326. The van der Waals surface area contributed by atoms with E-state index in [0.717, 1.165) is 30.7 Å². The van der Waals surface area contributed by atoms with Gasteiger partial charge in [-0.1, -0.05) is 95.9 Å². The van der Waals surface area contributed by atoms with Crippen molar-refractivity contribution in [1.29, 1.82) is 0 Å². The van der Waals surface area contributed by atoms with Gasteiger partial charge in [0.05, 0.1) is 20.1 Å². The minimum Gasteiger partial charge on any atom is -0.264 e. The van der Waals surface area contributed by atoms with Gasteiger partial charge in [-0.25, -0.2) is 0 Å². The zero-order valence-corrected chi connectivity index (χ0v) is 30.2. The van der Waals surface area contributed by atoms with E-state index in [2.05, 4.69) is 153 Å². The van der Waals surface area contributed by atoms with Gasteiger partial charge in [-0.05, 0) is 71.2 Å². The lowest BCUT2D eigenvalue weighted by atomic mass is 9.75. The number of nitrogens with zero attached hydrogens (tertiary/aromatic N) is 3. The summed E-state index contributed by atoms with van der Waals surface area (Å²) in [6, 6.07) is 29.5. The zero-order chi connectivity index (χ0) is 33.1. The van der Waals surface area contributed by atoms with Crippen molar-refractivity contribution in [1.82, 2.24) is 4.98 Å². The summed E-state index contributed by atoms with van der Waals surface area (Å²) in [7, 11) is -1.69. The lowest BCUT2D eigenvalue weighted by Gasteiger charge is -2.35. The van der Waals surface area contributed by atoms with Crippen molar-refractivity contribution < 1.29 is 9.13 Å². The number of benzene rings is 2. The number of hydrogen-bond donors (Lipinski definition) is 0. The summed E-state index contributed by atoms with van der Waals surface area (Å²) in [6.45, 7) is 22.0. The monoisotopic (exact) mass is 635 g/mol. The van der Waals surface area contributed by atoms with E-state index in [-0.39, 0.29) is 11.5 Å². The van der Waals surface area contributed by atoms with E-state index in [1.165, 1.54) is 44.6 Å². The summed E-state index contributed by atoms with van der Waals surface area (Å²) in [4.78, 5) is 4.60. The third-order valence-corrected chi connectivity index (χ3v) is 13.0. The van der Waals surface area contributed by atoms with Crippen molar-refractivity contribution >= 4 is 19.0 Å². The fourth-order valence-electron chi connectivity index (χ4n) is 7.87. The van der Waals surface area contributed by atoms with Gasteiger partial charge in [-0.15, -0.1) is 0 Å². The minimum atomic E-state index is -1.69. The summed E-state index contributed by atoms with van der Waals surface area (Å²) in [5.74, 6) is 0.810. The van der Waals surface area contributed by atoms with Gasteiger partial charge in [0, 0.05) is 46.8 Å². The van der Waals surface area contributed by atoms with Crippen molar-refractivity contribution in [3.63, 3.8) is 0 Å². The molecule has 0 saturated carbocycles. The molecule has 3 nitrogen and oxygen atoms in total. The molecule has 3 atom stereocenters. The van der Waals surface area contributed by atoms with Crippen LogP contribution in [0.25, 0.3) is 39.3 Å². The van der Waals surface area contributed by atoms with Gasteiger partial charge in [0.25, 0.3) is 0 Å². The normalized spacial score (nSPS) is 18.2. The summed E-state index contributed by atoms with van der Waals surface area (Å²) >= 11 is 0. The van der Waals surface area contributed by atoms with Gasteiger partial charge in [-0.3, -0.25) is 4.98 Å². The van der Waals surface area contributed by atoms with E-state index in [9.17, 15) is 0 Å². The van der Waals surface area contributed by atoms with Gasteiger partial charge in [0.1, 0.15) is 0 Å². The molecule has 2 aliphatic rings. The highest BCUT2D eigenvalue weighted by molar-refractivity contribution is 6.89. The molecular weight excluding hydrogens is 587 g/mol. The molecule has 5 heterocycles. The van der Waals surface area contributed by atoms with Crippen LogP contribution in [-0.4, -0.2) is 13.1 Å². The number of hydrogen-bond acceptors (Lipinski definition) is 1. The molecule has 2 aromatic carbocycles. The first kappa shape index (κ1) is 31.4. The van der Waals surface area contributed by atoms with Gasteiger partial charge in [0.15, 0.2) is 24.1 Å². The van der Waals surface area contributed by atoms with Gasteiger partial charge in [0.2, 0.25) is 11.4 Å². The number of pyridine rings is 3. The Balaban J connectivity index is 1.45. The van der Waals surface area contributed by atoms with Crippen LogP contribution in [0.3, 0.4) is 0 Å². The molecule has 3 aromatic heterocycles. The molecule has 238 valence electrons. The topological polar surface area (TPSA) is 20.6 Å². The van der Waals surface area contributed by atoms with Crippen LogP contribution >= 0.6 is 0 Å². The van der Waals surface area contributed by atoms with Gasteiger partial charge >= 0.3 is 0 Å². The molecule has 0 amide bonds. The van der Waals surface area contributed by atoms with Crippen LogP contribution in [0.5, 0.6) is 0 Å². The molecule has 0 spiro atoms. The first-order chi connectivity index (χ1) is 22.4. The van der Waals surface area contributed by atoms with Crippen LogP contribution in [0.4, 0.5) is 0 Å². The molecule has 2 aliphatic heterocycles. The Morgan fingerprint density at radius 1 is 0.851 bits per heavy atom. The van der Waals surface area contributed by atoms with Crippen LogP contribution in [0.15, 0.2) is 110 Å². The number of rotatable bonds is 3. The quantitative estimate of drug-likeness (QED) is 0.143. The molecule has 0 aliphatic carbocycles. The van der Waals surface area contributed by atoms with Gasteiger partial charge < -0.3 is 0 Å². The second kappa shape index (κ2) is 11.8. The largest absolute Gasteiger partial charge is 0.264 e. The highest BCUT2D eigenvalue weighted by atomic mass is 28.3. The highest BCUT2D eigenvalue weighted by Crippen LogP contribution is 2.45. The lowest BCUT2D eigenvalue weighted by molar-refractivity contribution is -0.719. The molecule has 4 heteroatoms. The Bertz CT molecular complexity index is 1980. The Morgan fingerprint density at radius 3 is 2.34 bits per heavy atom.